The number of amides is 2. The molecule has 3 aromatic rings. The van der Waals surface area contributed by atoms with E-state index in [0.717, 1.165) is 11.4 Å². The maximum Gasteiger partial charge on any atom is 0.285 e. The molecule has 128 valence electrons. The number of fused-ring (bicyclic) bond motifs is 1. The van der Waals surface area contributed by atoms with Crippen molar-refractivity contribution >= 4 is 34.6 Å². The van der Waals surface area contributed by atoms with Gasteiger partial charge in [-0.3, -0.25) is 14.8 Å². The number of benzene rings is 3. The van der Waals surface area contributed by atoms with Gasteiger partial charge in [-0.05, 0) is 36.4 Å². The van der Waals surface area contributed by atoms with Crippen LogP contribution >= 0.6 is 0 Å². The lowest BCUT2D eigenvalue weighted by molar-refractivity contribution is -0.0327. The molecular weight excluding hydrogens is 330 g/mol. The second-order valence-electron chi connectivity index (χ2n) is 5.85. The molecule has 26 heavy (non-hydrogen) atoms. The van der Waals surface area contributed by atoms with Crippen LogP contribution < -0.4 is 10.6 Å². The van der Waals surface area contributed by atoms with Crippen LogP contribution in [0, 0.1) is 0 Å². The highest BCUT2D eigenvalue weighted by Crippen LogP contribution is 2.35. The fourth-order valence-corrected chi connectivity index (χ4v) is 2.83. The molecule has 0 aliphatic carbocycles. The second kappa shape index (κ2) is 6.34. The summed E-state index contributed by atoms with van der Waals surface area (Å²) in [4.78, 5) is 24.2. The van der Waals surface area contributed by atoms with E-state index in [9.17, 15) is 14.8 Å². The maximum atomic E-state index is 12.1. The van der Waals surface area contributed by atoms with Gasteiger partial charge in [0.15, 0.2) is 0 Å². The lowest BCUT2D eigenvalue weighted by Crippen LogP contribution is -2.25. The van der Waals surface area contributed by atoms with E-state index in [4.69, 9.17) is 0 Å². The van der Waals surface area contributed by atoms with Gasteiger partial charge in [0.1, 0.15) is 0 Å². The van der Waals surface area contributed by atoms with E-state index in [-0.39, 0.29) is 16.2 Å². The molecule has 0 radical (unpaired) electrons. The lowest BCUT2D eigenvalue weighted by Gasteiger charge is -2.15. The highest BCUT2D eigenvalue weighted by Gasteiger charge is 2.36. The minimum absolute atomic E-state index is 0.142. The zero-order valence-electron chi connectivity index (χ0n) is 13.6. The number of hydroxylamine groups is 2. The summed E-state index contributed by atoms with van der Waals surface area (Å²) in [6.45, 7) is 0. The van der Waals surface area contributed by atoms with E-state index in [2.05, 4.69) is 10.6 Å². The minimum atomic E-state index is -0.729. The van der Waals surface area contributed by atoms with Crippen LogP contribution in [0.2, 0.25) is 0 Å². The van der Waals surface area contributed by atoms with Gasteiger partial charge >= 0.3 is 0 Å². The molecule has 0 atom stereocenters. The van der Waals surface area contributed by atoms with E-state index >= 15 is 0 Å². The van der Waals surface area contributed by atoms with E-state index in [1.165, 1.54) is 0 Å². The van der Waals surface area contributed by atoms with Crippen LogP contribution in [0.3, 0.4) is 0 Å². The molecule has 6 heteroatoms. The Morgan fingerprint density at radius 2 is 1.04 bits per heavy atom. The number of nitrogens with one attached hydrogen (secondary N) is 2. The normalized spacial score (nSPS) is 12.9. The first-order chi connectivity index (χ1) is 12.6. The molecular formula is C20H15N3O3. The van der Waals surface area contributed by atoms with Gasteiger partial charge in [0.05, 0.1) is 22.5 Å². The molecule has 4 rings (SSSR count). The van der Waals surface area contributed by atoms with Crippen molar-refractivity contribution in [3.05, 3.63) is 83.9 Å². The van der Waals surface area contributed by atoms with Gasteiger partial charge in [-0.15, -0.1) is 5.06 Å². The van der Waals surface area contributed by atoms with E-state index in [1.807, 2.05) is 60.7 Å². The lowest BCUT2D eigenvalue weighted by atomic mass is 10.1. The summed E-state index contributed by atoms with van der Waals surface area (Å²) in [6, 6.07) is 22.1. The third kappa shape index (κ3) is 2.78. The van der Waals surface area contributed by atoms with Gasteiger partial charge in [-0.1, -0.05) is 36.4 Å². The molecule has 0 saturated heterocycles. The van der Waals surface area contributed by atoms with Crippen LogP contribution in [0.4, 0.5) is 22.7 Å². The first-order valence-electron chi connectivity index (χ1n) is 8.03. The van der Waals surface area contributed by atoms with Crippen molar-refractivity contribution in [3.8, 4) is 0 Å². The topological polar surface area (TPSA) is 81.7 Å². The fraction of sp³-hybridized carbons (Fsp3) is 0. The maximum absolute atomic E-state index is 12.1. The quantitative estimate of drug-likeness (QED) is 0.489. The molecule has 0 unspecified atom stereocenters. The molecule has 2 amide bonds. The predicted molar refractivity (Wildman–Crippen MR) is 98.2 cm³/mol. The molecule has 0 spiro atoms. The molecule has 3 N–H and O–H groups in total. The average molecular weight is 345 g/mol. The number of hydrogen-bond donors (Lipinski definition) is 3. The minimum Gasteiger partial charge on any atom is -0.354 e. The van der Waals surface area contributed by atoms with Crippen LogP contribution in [0.5, 0.6) is 0 Å². The average Bonchev–Trinajstić information content (AvgIpc) is 2.88. The summed E-state index contributed by atoms with van der Waals surface area (Å²) in [7, 11) is 0. The summed E-state index contributed by atoms with van der Waals surface area (Å²) in [6.07, 6.45) is 0. The molecule has 0 saturated carbocycles. The Morgan fingerprint density at radius 3 is 1.42 bits per heavy atom. The summed E-state index contributed by atoms with van der Waals surface area (Å²) in [5.41, 5.74) is 3.23. The number of imide groups is 1. The van der Waals surface area contributed by atoms with Crippen LogP contribution in [-0.2, 0) is 0 Å². The van der Waals surface area contributed by atoms with Gasteiger partial charge < -0.3 is 10.6 Å². The summed E-state index contributed by atoms with van der Waals surface area (Å²) >= 11 is 0. The van der Waals surface area contributed by atoms with Gasteiger partial charge in [-0.2, -0.15) is 0 Å². The van der Waals surface area contributed by atoms with E-state index in [1.54, 1.807) is 12.1 Å². The second-order valence-corrected chi connectivity index (χ2v) is 5.85. The van der Waals surface area contributed by atoms with E-state index in [0.29, 0.717) is 11.4 Å². The third-order valence-corrected chi connectivity index (χ3v) is 4.11. The molecule has 1 aliphatic rings. The fourth-order valence-electron chi connectivity index (χ4n) is 2.83. The summed E-state index contributed by atoms with van der Waals surface area (Å²) in [5.74, 6) is -1.46. The van der Waals surface area contributed by atoms with Gasteiger partial charge in [-0.25, -0.2) is 0 Å². The van der Waals surface area contributed by atoms with Crippen LogP contribution in [0.1, 0.15) is 20.7 Å². The van der Waals surface area contributed by atoms with Crippen molar-refractivity contribution in [2.45, 2.75) is 0 Å². The number of anilines is 4. The smallest absolute Gasteiger partial charge is 0.285 e. The Balaban J connectivity index is 1.80. The molecule has 3 aromatic carbocycles. The van der Waals surface area contributed by atoms with Crippen molar-refractivity contribution in [2.75, 3.05) is 10.6 Å². The summed E-state index contributed by atoms with van der Waals surface area (Å²) in [5, 5.41) is 16.3. The molecule has 0 aromatic heterocycles. The number of hydrogen-bond acceptors (Lipinski definition) is 5. The Bertz CT molecular complexity index is 907. The molecule has 0 bridgehead atoms. The molecule has 1 heterocycles. The zero-order valence-corrected chi connectivity index (χ0v) is 13.6. The number of rotatable bonds is 4. The molecule has 0 fully saturated rings. The van der Waals surface area contributed by atoms with Gasteiger partial charge in [0.2, 0.25) is 0 Å². The molecule has 1 aliphatic heterocycles. The monoisotopic (exact) mass is 345 g/mol. The van der Waals surface area contributed by atoms with Crippen LogP contribution in [0.15, 0.2) is 72.8 Å². The van der Waals surface area contributed by atoms with Crippen LogP contribution in [-0.4, -0.2) is 22.1 Å². The zero-order chi connectivity index (χ0) is 18.1. The SMILES string of the molecule is O=C1c2cc(Nc3ccccc3)c(Nc3ccccc3)cc2C(=O)N1O. The number of nitrogens with zero attached hydrogens (tertiary/aromatic N) is 1. The summed E-state index contributed by atoms with van der Waals surface area (Å²) < 4.78 is 0. The Hall–Kier alpha value is -3.64. The first-order valence-corrected chi connectivity index (χ1v) is 8.03. The van der Waals surface area contributed by atoms with Crippen molar-refractivity contribution in [1.29, 1.82) is 0 Å². The third-order valence-electron chi connectivity index (χ3n) is 4.11. The van der Waals surface area contributed by atoms with Crippen molar-refractivity contribution in [2.24, 2.45) is 0 Å². The number of carbonyl (C=O) groups excluding carboxylic acids is 2. The standard InChI is InChI=1S/C20H15N3O3/c24-19-15-11-17(21-13-7-3-1-4-8-13)18(12-16(15)20(25)23(19)26)22-14-9-5-2-6-10-14/h1-12,21-22,26H. The van der Waals surface area contributed by atoms with Crippen molar-refractivity contribution < 1.29 is 14.8 Å². The largest absolute Gasteiger partial charge is 0.354 e. The highest BCUT2D eigenvalue weighted by atomic mass is 16.5. The Morgan fingerprint density at radius 1 is 0.654 bits per heavy atom. The first kappa shape index (κ1) is 15.9. The predicted octanol–water partition coefficient (Wildman–Crippen LogP) is 4.16. The Labute approximate surface area is 149 Å². The molecule has 6 nitrogen and oxygen atoms in total. The highest BCUT2D eigenvalue weighted by molar-refractivity contribution is 6.21. The number of para-hydroxylation sites is 2. The van der Waals surface area contributed by atoms with Crippen molar-refractivity contribution in [1.82, 2.24) is 5.06 Å². The van der Waals surface area contributed by atoms with Crippen molar-refractivity contribution in [3.63, 3.8) is 0 Å². The van der Waals surface area contributed by atoms with Gasteiger partial charge in [0.25, 0.3) is 11.8 Å². The van der Waals surface area contributed by atoms with E-state index < -0.39 is 11.8 Å². The Kier molecular flexibility index (Phi) is 3.87. The number of carbonyl (C=O) groups is 2. The van der Waals surface area contributed by atoms with Crippen LogP contribution in [0.25, 0.3) is 0 Å². The van der Waals surface area contributed by atoms with Gasteiger partial charge in [0, 0.05) is 11.4 Å².